The van der Waals surface area contributed by atoms with Gasteiger partial charge in [-0.2, -0.15) is 0 Å². The summed E-state index contributed by atoms with van der Waals surface area (Å²) in [6.45, 7) is 5.67. The van der Waals surface area contributed by atoms with Gasteiger partial charge in [0.1, 0.15) is 0 Å². The quantitative estimate of drug-likeness (QED) is 0.692. The molecule has 1 amide bonds. The Morgan fingerprint density at radius 3 is 2.67 bits per heavy atom. The van der Waals surface area contributed by atoms with Crippen molar-refractivity contribution in [1.29, 1.82) is 0 Å². The highest BCUT2D eigenvalue weighted by Gasteiger charge is 2.24. The number of hydrogen-bond donors (Lipinski definition) is 2. The molecule has 15 heavy (non-hydrogen) atoms. The minimum absolute atomic E-state index is 0.178. The van der Waals surface area contributed by atoms with Crippen LogP contribution in [0.25, 0.3) is 0 Å². The predicted molar refractivity (Wildman–Crippen MR) is 62.4 cm³/mol. The molecule has 0 aliphatic heterocycles. The molecule has 1 unspecified atom stereocenters. The maximum absolute atomic E-state index is 11.8. The topological polar surface area (TPSA) is 55.1 Å². The van der Waals surface area contributed by atoms with Crippen molar-refractivity contribution in [1.82, 2.24) is 5.32 Å². The lowest BCUT2D eigenvalue weighted by molar-refractivity contribution is -0.126. The van der Waals surface area contributed by atoms with E-state index in [0.29, 0.717) is 6.04 Å². The fraction of sp³-hybridized carbons (Fsp3) is 0.750. The van der Waals surface area contributed by atoms with Crippen LogP contribution in [-0.4, -0.2) is 18.0 Å². The molecule has 0 aromatic rings. The Kier molecular flexibility index (Phi) is 4.82. The van der Waals surface area contributed by atoms with Gasteiger partial charge in [0.15, 0.2) is 0 Å². The molecular weight excluding hydrogens is 188 g/mol. The first-order chi connectivity index (χ1) is 7.13. The molecular formula is C12H22N2O. The summed E-state index contributed by atoms with van der Waals surface area (Å²) in [5.74, 6) is 0.369. The summed E-state index contributed by atoms with van der Waals surface area (Å²) in [4.78, 5) is 11.8. The second-order valence-corrected chi connectivity index (χ2v) is 4.55. The zero-order chi connectivity index (χ0) is 11.3. The van der Waals surface area contributed by atoms with Crippen LogP contribution in [0, 0.1) is 5.92 Å². The number of rotatable bonds is 4. The van der Waals surface area contributed by atoms with Gasteiger partial charge in [-0.05, 0) is 39.0 Å². The van der Waals surface area contributed by atoms with Gasteiger partial charge in [-0.1, -0.05) is 6.08 Å². The fourth-order valence-electron chi connectivity index (χ4n) is 2.05. The second-order valence-electron chi connectivity index (χ2n) is 4.55. The molecule has 1 aliphatic rings. The lowest BCUT2D eigenvalue weighted by Crippen LogP contribution is -2.40. The largest absolute Gasteiger partial charge is 0.353 e. The first-order valence-electron chi connectivity index (χ1n) is 5.80. The van der Waals surface area contributed by atoms with Crippen LogP contribution >= 0.6 is 0 Å². The van der Waals surface area contributed by atoms with E-state index in [9.17, 15) is 4.79 Å². The Hall–Kier alpha value is -0.830. The van der Waals surface area contributed by atoms with Crippen molar-refractivity contribution < 1.29 is 4.79 Å². The molecule has 0 heterocycles. The Bertz CT molecular complexity index is 220. The van der Waals surface area contributed by atoms with Gasteiger partial charge in [0.25, 0.3) is 0 Å². The number of hydrogen-bond acceptors (Lipinski definition) is 2. The normalized spacial score (nSPS) is 28.1. The molecule has 0 saturated heterocycles. The molecule has 1 atom stereocenters. The van der Waals surface area contributed by atoms with Gasteiger partial charge in [-0.25, -0.2) is 0 Å². The third kappa shape index (κ3) is 4.04. The first kappa shape index (κ1) is 12.2. The van der Waals surface area contributed by atoms with Crippen molar-refractivity contribution >= 4 is 5.91 Å². The van der Waals surface area contributed by atoms with E-state index in [1.807, 2.05) is 13.0 Å². The minimum Gasteiger partial charge on any atom is -0.353 e. The van der Waals surface area contributed by atoms with Crippen molar-refractivity contribution in [3.05, 3.63) is 12.7 Å². The Labute approximate surface area is 92.1 Å². The van der Waals surface area contributed by atoms with Gasteiger partial charge in [0, 0.05) is 18.0 Å². The number of amides is 1. The lowest BCUT2D eigenvalue weighted by atomic mass is 9.86. The van der Waals surface area contributed by atoms with Crippen LogP contribution in [-0.2, 0) is 4.79 Å². The molecule has 86 valence electrons. The Balaban J connectivity index is 2.30. The zero-order valence-corrected chi connectivity index (χ0v) is 9.54. The van der Waals surface area contributed by atoms with Gasteiger partial charge >= 0.3 is 0 Å². The van der Waals surface area contributed by atoms with Crippen molar-refractivity contribution in [2.75, 3.05) is 0 Å². The van der Waals surface area contributed by atoms with E-state index >= 15 is 0 Å². The summed E-state index contributed by atoms with van der Waals surface area (Å²) in [5.41, 5.74) is 5.80. The van der Waals surface area contributed by atoms with E-state index in [4.69, 9.17) is 5.73 Å². The molecule has 0 aromatic carbocycles. The summed E-state index contributed by atoms with van der Waals surface area (Å²) in [5, 5.41) is 3.01. The molecule has 0 radical (unpaired) electrons. The first-order valence-corrected chi connectivity index (χ1v) is 5.80. The third-order valence-electron chi connectivity index (χ3n) is 3.05. The average molecular weight is 210 g/mol. The molecule has 1 aliphatic carbocycles. The van der Waals surface area contributed by atoms with Crippen LogP contribution in [0.1, 0.15) is 39.0 Å². The predicted octanol–water partition coefficient (Wildman–Crippen LogP) is 1.58. The van der Waals surface area contributed by atoms with Crippen molar-refractivity contribution in [2.24, 2.45) is 11.7 Å². The smallest absolute Gasteiger partial charge is 0.223 e. The van der Waals surface area contributed by atoms with E-state index in [1.54, 1.807) is 0 Å². The highest BCUT2D eigenvalue weighted by Crippen LogP contribution is 2.23. The summed E-state index contributed by atoms with van der Waals surface area (Å²) < 4.78 is 0. The van der Waals surface area contributed by atoms with Gasteiger partial charge in [0.05, 0.1) is 0 Å². The van der Waals surface area contributed by atoms with Gasteiger partial charge < -0.3 is 11.1 Å². The van der Waals surface area contributed by atoms with Crippen LogP contribution in [0.5, 0.6) is 0 Å². The summed E-state index contributed by atoms with van der Waals surface area (Å²) in [6, 6.07) is 0.505. The van der Waals surface area contributed by atoms with E-state index in [-0.39, 0.29) is 17.9 Å². The summed E-state index contributed by atoms with van der Waals surface area (Å²) in [6.07, 6.45) is 6.50. The Morgan fingerprint density at radius 1 is 1.53 bits per heavy atom. The number of carbonyl (C=O) groups is 1. The van der Waals surface area contributed by atoms with Crippen LogP contribution in [0.15, 0.2) is 12.7 Å². The van der Waals surface area contributed by atoms with E-state index in [1.165, 1.54) is 0 Å². The molecule has 1 saturated carbocycles. The molecule has 0 aromatic heterocycles. The molecule has 3 N–H and O–H groups in total. The van der Waals surface area contributed by atoms with Crippen molar-refractivity contribution in [2.45, 2.75) is 51.1 Å². The van der Waals surface area contributed by atoms with Crippen LogP contribution in [0.4, 0.5) is 0 Å². The standard InChI is InChI=1S/C12H22N2O/c1-3-4-9(2)14-12(15)10-5-7-11(13)8-6-10/h3,9-11H,1,4-8,13H2,2H3,(H,14,15). The van der Waals surface area contributed by atoms with Crippen LogP contribution < -0.4 is 11.1 Å². The molecule has 0 bridgehead atoms. The SMILES string of the molecule is C=CCC(C)NC(=O)C1CCC(N)CC1. The molecule has 0 spiro atoms. The number of nitrogens with one attached hydrogen (secondary N) is 1. The monoisotopic (exact) mass is 210 g/mol. The van der Waals surface area contributed by atoms with E-state index in [2.05, 4.69) is 11.9 Å². The zero-order valence-electron chi connectivity index (χ0n) is 9.54. The third-order valence-corrected chi connectivity index (χ3v) is 3.05. The maximum Gasteiger partial charge on any atom is 0.223 e. The average Bonchev–Trinajstić information content (AvgIpc) is 2.18. The lowest BCUT2D eigenvalue weighted by Gasteiger charge is -2.26. The highest BCUT2D eigenvalue weighted by atomic mass is 16.1. The molecule has 3 nitrogen and oxygen atoms in total. The highest BCUT2D eigenvalue weighted by molar-refractivity contribution is 5.79. The Morgan fingerprint density at radius 2 is 2.13 bits per heavy atom. The number of carbonyl (C=O) groups excluding carboxylic acids is 1. The number of nitrogens with two attached hydrogens (primary N) is 1. The molecule has 1 fully saturated rings. The van der Waals surface area contributed by atoms with E-state index in [0.717, 1.165) is 32.1 Å². The van der Waals surface area contributed by atoms with E-state index < -0.39 is 0 Å². The van der Waals surface area contributed by atoms with Gasteiger partial charge in [-0.3, -0.25) is 4.79 Å². The summed E-state index contributed by atoms with van der Waals surface area (Å²) in [7, 11) is 0. The second kappa shape index (κ2) is 5.91. The summed E-state index contributed by atoms with van der Waals surface area (Å²) >= 11 is 0. The van der Waals surface area contributed by atoms with Crippen LogP contribution in [0.3, 0.4) is 0 Å². The van der Waals surface area contributed by atoms with Gasteiger partial charge in [-0.15, -0.1) is 6.58 Å². The van der Waals surface area contributed by atoms with Crippen molar-refractivity contribution in [3.8, 4) is 0 Å². The van der Waals surface area contributed by atoms with Crippen molar-refractivity contribution in [3.63, 3.8) is 0 Å². The molecule has 3 heteroatoms. The minimum atomic E-state index is 0.178. The molecule has 1 rings (SSSR count). The van der Waals surface area contributed by atoms with Crippen LogP contribution in [0.2, 0.25) is 0 Å². The maximum atomic E-state index is 11.8. The van der Waals surface area contributed by atoms with Gasteiger partial charge in [0.2, 0.25) is 5.91 Å². The fourth-order valence-corrected chi connectivity index (χ4v) is 2.05.